The third-order valence-electron chi connectivity index (χ3n) is 6.39. The first kappa shape index (κ1) is 29.6. The normalized spacial score (nSPS) is 11.6. The lowest BCUT2D eigenvalue weighted by Crippen LogP contribution is -2.33. The zero-order chi connectivity index (χ0) is 28.4. The van der Waals surface area contributed by atoms with E-state index in [-0.39, 0.29) is 30.1 Å². The van der Waals surface area contributed by atoms with Crippen molar-refractivity contribution in [1.29, 1.82) is 0 Å². The van der Waals surface area contributed by atoms with Crippen LogP contribution in [0.4, 0.5) is 0 Å². The molecule has 0 radical (unpaired) electrons. The number of ether oxygens (including phenoxy) is 3. The quantitative estimate of drug-likeness (QED) is 0.139. The summed E-state index contributed by atoms with van der Waals surface area (Å²) in [7, 11) is 3.20. The van der Waals surface area contributed by atoms with Gasteiger partial charge in [0, 0.05) is 36.6 Å². The Hall–Kier alpha value is -3.97. The van der Waals surface area contributed by atoms with Gasteiger partial charge < -0.3 is 14.2 Å². The van der Waals surface area contributed by atoms with Crippen molar-refractivity contribution in [1.82, 2.24) is 4.90 Å². The number of hydrogen-bond acceptors (Lipinski definition) is 7. The van der Waals surface area contributed by atoms with E-state index in [2.05, 4.69) is 4.90 Å². The molecule has 0 fully saturated rings. The minimum atomic E-state index is -0.368. The fourth-order valence-electron chi connectivity index (χ4n) is 4.50. The van der Waals surface area contributed by atoms with Gasteiger partial charge in [0.2, 0.25) is 0 Å². The van der Waals surface area contributed by atoms with E-state index in [9.17, 15) is 14.4 Å². The molecule has 3 aromatic rings. The fourth-order valence-corrected chi connectivity index (χ4v) is 4.50. The predicted octanol–water partition coefficient (Wildman–Crippen LogP) is 6.18. The van der Waals surface area contributed by atoms with E-state index in [4.69, 9.17) is 14.2 Å². The highest BCUT2D eigenvalue weighted by Gasteiger charge is 2.27. The topological polar surface area (TPSA) is 82.1 Å². The van der Waals surface area contributed by atoms with Crippen LogP contribution in [-0.2, 0) is 16.1 Å². The molecule has 3 aromatic carbocycles. The van der Waals surface area contributed by atoms with E-state index >= 15 is 0 Å². The largest absolute Gasteiger partial charge is 0.497 e. The second-order valence-electron chi connectivity index (χ2n) is 9.38. The standard InChI is InChI=1S/C32H37NO6/c1-6-8-31(36)39-26-15-13-25(14-16-26)32(28-18-17-27(37-4)19-30(28)38-5)33(20-22(3)34)21-23-9-11-24(12-10-23)29(35)7-2/h9-19,32H,6-8,20-21H2,1-5H3. The molecule has 0 saturated carbocycles. The van der Waals surface area contributed by atoms with E-state index in [1.54, 1.807) is 33.3 Å². The Labute approximate surface area is 230 Å². The van der Waals surface area contributed by atoms with Gasteiger partial charge >= 0.3 is 5.97 Å². The maximum Gasteiger partial charge on any atom is 0.311 e. The number of hydrogen-bond donors (Lipinski definition) is 0. The van der Waals surface area contributed by atoms with Crippen LogP contribution in [0, 0.1) is 0 Å². The van der Waals surface area contributed by atoms with Crippen molar-refractivity contribution in [3.05, 3.63) is 89.0 Å². The number of methoxy groups -OCH3 is 2. The summed E-state index contributed by atoms with van der Waals surface area (Å²) in [6.45, 7) is 5.97. The highest BCUT2D eigenvalue weighted by molar-refractivity contribution is 5.95. The number of benzene rings is 3. The van der Waals surface area contributed by atoms with Crippen molar-refractivity contribution in [2.75, 3.05) is 20.8 Å². The van der Waals surface area contributed by atoms with Gasteiger partial charge in [-0.2, -0.15) is 0 Å². The Morgan fingerprint density at radius 1 is 0.846 bits per heavy atom. The number of nitrogens with zero attached hydrogens (tertiary/aromatic N) is 1. The molecule has 7 heteroatoms. The molecule has 0 aromatic heterocycles. The summed E-state index contributed by atoms with van der Waals surface area (Å²) in [4.78, 5) is 38.7. The molecule has 1 atom stereocenters. The first-order chi connectivity index (χ1) is 18.8. The first-order valence-electron chi connectivity index (χ1n) is 13.2. The number of ketones is 2. The molecule has 0 aliphatic carbocycles. The summed E-state index contributed by atoms with van der Waals surface area (Å²) < 4.78 is 16.6. The molecule has 39 heavy (non-hydrogen) atoms. The van der Waals surface area contributed by atoms with Gasteiger partial charge in [-0.05, 0) is 48.7 Å². The Morgan fingerprint density at radius 2 is 1.51 bits per heavy atom. The molecule has 0 bridgehead atoms. The van der Waals surface area contributed by atoms with Gasteiger partial charge in [-0.15, -0.1) is 0 Å². The van der Waals surface area contributed by atoms with Crippen molar-refractivity contribution >= 4 is 17.5 Å². The molecular formula is C32H37NO6. The van der Waals surface area contributed by atoms with Crippen LogP contribution >= 0.6 is 0 Å². The van der Waals surface area contributed by atoms with Gasteiger partial charge in [-0.25, -0.2) is 0 Å². The average Bonchev–Trinajstić information content (AvgIpc) is 2.94. The van der Waals surface area contributed by atoms with Gasteiger partial charge in [0.25, 0.3) is 0 Å². The lowest BCUT2D eigenvalue weighted by atomic mass is 9.94. The second-order valence-corrected chi connectivity index (χ2v) is 9.38. The maximum atomic E-state index is 12.5. The lowest BCUT2D eigenvalue weighted by Gasteiger charge is -2.33. The van der Waals surface area contributed by atoms with E-state index in [1.165, 1.54) is 0 Å². The van der Waals surface area contributed by atoms with Crippen molar-refractivity contribution < 1.29 is 28.6 Å². The molecule has 7 nitrogen and oxygen atoms in total. The minimum absolute atomic E-state index is 0.00961. The van der Waals surface area contributed by atoms with Crippen molar-refractivity contribution in [3.8, 4) is 17.2 Å². The van der Waals surface area contributed by atoms with Crippen LogP contribution in [0.3, 0.4) is 0 Å². The van der Waals surface area contributed by atoms with E-state index < -0.39 is 0 Å². The summed E-state index contributed by atoms with van der Waals surface area (Å²) in [6, 6.07) is 20.1. The zero-order valence-electron chi connectivity index (χ0n) is 23.4. The first-order valence-corrected chi connectivity index (χ1v) is 13.2. The number of carbonyl (C=O) groups is 3. The van der Waals surface area contributed by atoms with Crippen LogP contribution in [-0.4, -0.2) is 43.2 Å². The molecule has 3 rings (SSSR count). The summed E-state index contributed by atoms with van der Waals surface area (Å²) in [5.74, 6) is 1.56. The van der Waals surface area contributed by atoms with Gasteiger partial charge in [-0.1, -0.05) is 50.2 Å². The molecule has 0 amide bonds. The van der Waals surface area contributed by atoms with E-state index in [0.717, 1.165) is 16.7 Å². The Kier molecular flexibility index (Phi) is 10.8. The molecule has 0 N–H and O–H groups in total. The molecule has 206 valence electrons. The third kappa shape index (κ3) is 8.01. The summed E-state index contributed by atoms with van der Waals surface area (Å²) in [5.41, 5.74) is 3.38. The van der Waals surface area contributed by atoms with Crippen LogP contribution in [0.5, 0.6) is 17.2 Å². The molecule has 0 aliphatic rings. The summed E-state index contributed by atoms with van der Waals surface area (Å²) >= 11 is 0. The number of Topliss-reactive ketones (excluding diaryl/α,β-unsaturated/α-hetero) is 2. The number of rotatable bonds is 14. The SMILES string of the molecule is CCCC(=O)Oc1ccc(C(c2ccc(OC)cc2OC)N(CC(C)=O)Cc2ccc(C(=O)CC)cc2)cc1. The van der Waals surface area contributed by atoms with Crippen molar-refractivity contribution in [3.63, 3.8) is 0 Å². The van der Waals surface area contributed by atoms with Gasteiger partial charge in [0.15, 0.2) is 5.78 Å². The van der Waals surface area contributed by atoms with E-state index in [0.29, 0.717) is 48.6 Å². The van der Waals surface area contributed by atoms with Gasteiger partial charge in [0.05, 0.1) is 26.8 Å². The van der Waals surface area contributed by atoms with Gasteiger partial charge in [0.1, 0.15) is 23.0 Å². The van der Waals surface area contributed by atoms with E-state index in [1.807, 2.05) is 68.4 Å². The Morgan fingerprint density at radius 3 is 2.08 bits per heavy atom. The van der Waals surface area contributed by atoms with Crippen LogP contribution in [0.25, 0.3) is 0 Å². The van der Waals surface area contributed by atoms with Crippen LogP contribution in [0.2, 0.25) is 0 Å². The third-order valence-corrected chi connectivity index (χ3v) is 6.39. The maximum absolute atomic E-state index is 12.5. The fraction of sp³-hybridized carbons (Fsp3) is 0.344. The van der Waals surface area contributed by atoms with Gasteiger partial charge in [-0.3, -0.25) is 19.3 Å². The molecule has 0 heterocycles. The van der Waals surface area contributed by atoms with Crippen molar-refractivity contribution in [2.24, 2.45) is 0 Å². The smallest absolute Gasteiger partial charge is 0.311 e. The number of esters is 1. The minimum Gasteiger partial charge on any atom is -0.497 e. The lowest BCUT2D eigenvalue weighted by molar-refractivity contribution is -0.134. The zero-order valence-corrected chi connectivity index (χ0v) is 23.4. The highest BCUT2D eigenvalue weighted by Crippen LogP contribution is 2.38. The van der Waals surface area contributed by atoms with Crippen LogP contribution < -0.4 is 14.2 Å². The monoisotopic (exact) mass is 531 g/mol. The van der Waals surface area contributed by atoms with Crippen LogP contribution in [0.15, 0.2) is 66.7 Å². The Balaban J connectivity index is 2.07. The summed E-state index contributed by atoms with van der Waals surface area (Å²) in [5, 5.41) is 0. The molecule has 0 saturated heterocycles. The Bertz CT molecular complexity index is 1270. The average molecular weight is 532 g/mol. The van der Waals surface area contributed by atoms with Crippen LogP contribution in [0.1, 0.15) is 73.1 Å². The number of carbonyl (C=O) groups excluding carboxylic acids is 3. The predicted molar refractivity (Wildman–Crippen MR) is 151 cm³/mol. The van der Waals surface area contributed by atoms with Crippen molar-refractivity contribution in [2.45, 2.75) is 52.6 Å². The molecule has 0 spiro atoms. The highest BCUT2D eigenvalue weighted by atomic mass is 16.5. The second kappa shape index (κ2) is 14.3. The molecule has 1 unspecified atom stereocenters. The summed E-state index contributed by atoms with van der Waals surface area (Å²) in [6.07, 6.45) is 1.51. The molecule has 0 aliphatic heterocycles. The molecular weight excluding hydrogens is 494 g/mol.